The fourth-order valence-corrected chi connectivity index (χ4v) is 1.06. The Labute approximate surface area is 84.8 Å². The first kappa shape index (κ1) is 10.5. The summed E-state index contributed by atoms with van der Waals surface area (Å²) in [5.74, 6) is 4.20. The molecule has 1 aromatic carbocycles. The van der Waals surface area contributed by atoms with E-state index < -0.39 is 0 Å². The predicted molar refractivity (Wildman–Crippen MR) is 56.6 cm³/mol. The predicted octanol–water partition coefficient (Wildman–Crippen LogP) is 2.49. The molecule has 0 fully saturated rings. The van der Waals surface area contributed by atoms with Crippen molar-refractivity contribution in [3.8, 4) is 23.8 Å². The molecule has 2 nitrogen and oxygen atoms in total. The van der Waals surface area contributed by atoms with Gasteiger partial charge in [0.25, 0.3) is 0 Å². The zero-order valence-electron chi connectivity index (χ0n) is 8.32. The largest absolute Gasteiger partial charge is 0.497 e. The van der Waals surface area contributed by atoms with E-state index in [2.05, 4.69) is 5.92 Å². The highest BCUT2D eigenvalue weighted by molar-refractivity contribution is 5.32. The molecule has 0 aliphatic rings. The van der Waals surface area contributed by atoms with E-state index in [9.17, 15) is 0 Å². The van der Waals surface area contributed by atoms with Crippen molar-refractivity contribution in [1.82, 2.24) is 0 Å². The topological polar surface area (TPSA) is 18.5 Å². The summed E-state index contributed by atoms with van der Waals surface area (Å²) in [7, 11) is 1.64. The highest BCUT2D eigenvalue weighted by Crippen LogP contribution is 2.18. The van der Waals surface area contributed by atoms with Gasteiger partial charge in [-0.1, -0.05) is 6.07 Å². The number of methoxy groups -OCH3 is 1. The first-order valence-corrected chi connectivity index (χ1v) is 4.57. The van der Waals surface area contributed by atoms with E-state index in [-0.39, 0.29) is 0 Å². The van der Waals surface area contributed by atoms with Crippen molar-refractivity contribution in [1.29, 1.82) is 0 Å². The van der Waals surface area contributed by atoms with Gasteiger partial charge >= 0.3 is 0 Å². The molecule has 0 aliphatic carbocycles. The molecule has 2 heteroatoms. The maximum Gasteiger partial charge on any atom is 0.122 e. The molecule has 0 radical (unpaired) electrons. The molecule has 0 saturated carbocycles. The van der Waals surface area contributed by atoms with Crippen LogP contribution in [0.4, 0.5) is 0 Å². The fraction of sp³-hybridized carbons (Fsp3) is 0.333. The van der Waals surface area contributed by atoms with E-state index in [4.69, 9.17) is 15.9 Å². The van der Waals surface area contributed by atoms with Gasteiger partial charge in [0.1, 0.15) is 11.5 Å². The highest BCUT2D eigenvalue weighted by atomic mass is 16.5. The molecular weight excluding hydrogens is 176 g/mol. The average Bonchev–Trinajstić information content (AvgIpc) is 2.25. The van der Waals surface area contributed by atoms with Gasteiger partial charge in [0.2, 0.25) is 0 Å². The Morgan fingerprint density at radius 2 is 2.14 bits per heavy atom. The summed E-state index contributed by atoms with van der Waals surface area (Å²) in [6.45, 7) is 0.650. The molecule has 1 rings (SSSR count). The summed E-state index contributed by atoms with van der Waals surface area (Å²) >= 11 is 0. The first-order chi connectivity index (χ1) is 6.86. The summed E-state index contributed by atoms with van der Waals surface area (Å²) < 4.78 is 10.5. The lowest BCUT2D eigenvalue weighted by molar-refractivity contribution is 0.310. The summed E-state index contributed by atoms with van der Waals surface area (Å²) in [6.07, 6.45) is 6.76. The van der Waals surface area contributed by atoms with Crippen LogP contribution in [-0.4, -0.2) is 13.7 Å². The number of benzene rings is 1. The van der Waals surface area contributed by atoms with Crippen LogP contribution >= 0.6 is 0 Å². The molecule has 74 valence electrons. The Hall–Kier alpha value is -1.62. The minimum absolute atomic E-state index is 0.650. The lowest BCUT2D eigenvalue weighted by Gasteiger charge is -2.06. The van der Waals surface area contributed by atoms with Gasteiger partial charge in [-0.25, -0.2) is 0 Å². The molecule has 0 N–H and O–H groups in total. The van der Waals surface area contributed by atoms with Crippen LogP contribution in [0, 0.1) is 12.3 Å². The average molecular weight is 190 g/mol. The zero-order chi connectivity index (χ0) is 10.2. The smallest absolute Gasteiger partial charge is 0.122 e. The van der Waals surface area contributed by atoms with Crippen molar-refractivity contribution in [2.24, 2.45) is 0 Å². The Morgan fingerprint density at radius 3 is 2.86 bits per heavy atom. The van der Waals surface area contributed by atoms with Gasteiger partial charge in [0.15, 0.2) is 0 Å². The van der Waals surface area contributed by atoms with Crippen LogP contribution in [0.2, 0.25) is 0 Å². The van der Waals surface area contributed by atoms with Gasteiger partial charge in [-0.2, -0.15) is 0 Å². The van der Waals surface area contributed by atoms with E-state index >= 15 is 0 Å². The summed E-state index contributed by atoms with van der Waals surface area (Å²) in [5, 5.41) is 0. The number of hydrogen-bond donors (Lipinski definition) is 0. The lowest BCUT2D eigenvalue weighted by atomic mass is 10.3. The molecule has 0 unspecified atom stereocenters. The fourth-order valence-electron chi connectivity index (χ4n) is 1.06. The minimum atomic E-state index is 0.650. The van der Waals surface area contributed by atoms with Crippen LogP contribution < -0.4 is 9.47 Å². The van der Waals surface area contributed by atoms with E-state index in [0.717, 1.165) is 24.3 Å². The van der Waals surface area contributed by atoms with Crippen LogP contribution in [0.15, 0.2) is 24.3 Å². The maximum atomic E-state index is 5.48. The molecule has 0 spiro atoms. The molecule has 0 saturated heterocycles. The second-order valence-electron chi connectivity index (χ2n) is 2.84. The molecule has 0 atom stereocenters. The summed E-state index contributed by atoms with van der Waals surface area (Å²) in [5.41, 5.74) is 0. The monoisotopic (exact) mass is 190 g/mol. The van der Waals surface area contributed by atoms with Crippen LogP contribution in [0.1, 0.15) is 12.8 Å². The van der Waals surface area contributed by atoms with Crippen molar-refractivity contribution in [2.75, 3.05) is 13.7 Å². The summed E-state index contributed by atoms with van der Waals surface area (Å²) in [6, 6.07) is 7.54. The number of ether oxygens (including phenoxy) is 2. The van der Waals surface area contributed by atoms with Gasteiger partial charge in [0, 0.05) is 12.5 Å². The minimum Gasteiger partial charge on any atom is -0.497 e. The Morgan fingerprint density at radius 1 is 1.36 bits per heavy atom. The van der Waals surface area contributed by atoms with E-state index in [0.29, 0.717) is 6.61 Å². The Bertz CT molecular complexity index is 312. The SMILES string of the molecule is C#CCCCOc1cccc(OC)c1. The normalized spacial score (nSPS) is 9.14. The number of unbranched alkanes of at least 4 members (excludes halogenated alkanes) is 1. The van der Waals surface area contributed by atoms with E-state index in [1.807, 2.05) is 24.3 Å². The van der Waals surface area contributed by atoms with Crippen LogP contribution in [0.25, 0.3) is 0 Å². The molecular formula is C12H14O2. The van der Waals surface area contributed by atoms with Gasteiger partial charge in [0.05, 0.1) is 13.7 Å². The van der Waals surface area contributed by atoms with E-state index in [1.165, 1.54) is 0 Å². The quantitative estimate of drug-likeness (QED) is 0.524. The molecule has 0 bridgehead atoms. The Kier molecular flexibility index (Phi) is 4.43. The molecule has 1 aromatic rings. The van der Waals surface area contributed by atoms with Crippen molar-refractivity contribution in [3.63, 3.8) is 0 Å². The standard InChI is InChI=1S/C12H14O2/c1-3-4-5-9-14-12-8-6-7-11(10-12)13-2/h1,6-8,10H,4-5,9H2,2H3. The van der Waals surface area contributed by atoms with Gasteiger partial charge in [-0.05, 0) is 18.6 Å². The van der Waals surface area contributed by atoms with Crippen LogP contribution in [0.3, 0.4) is 0 Å². The number of hydrogen-bond acceptors (Lipinski definition) is 2. The van der Waals surface area contributed by atoms with Crippen molar-refractivity contribution in [3.05, 3.63) is 24.3 Å². The van der Waals surface area contributed by atoms with Gasteiger partial charge in [-0.15, -0.1) is 12.3 Å². The molecule has 14 heavy (non-hydrogen) atoms. The van der Waals surface area contributed by atoms with Crippen molar-refractivity contribution in [2.45, 2.75) is 12.8 Å². The molecule has 0 amide bonds. The third kappa shape index (κ3) is 3.40. The van der Waals surface area contributed by atoms with Gasteiger partial charge in [-0.3, -0.25) is 0 Å². The van der Waals surface area contributed by atoms with Gasteiger partial charge < -0.3 is 9.47 Å². The summed E-state index contributed by atoms with van der Waals surface area (Å²) in [4.78, 5) is 0. The van der Waals surface area contributed by atoms with Crippen LogP contribution in [0.5, 0.6) is 11.5 Å². The highest BCUT2D eigenvalue weighted by Gasteiger charge is 1.95. The maximum absolute atomic E-state index is 5.48. The van der Waals surface area contributed by atoms with Crippen LogP contribution in [-0.2, 0) is 0 Å². The third-order valence-electron chi connectivity index (χ3n) is 1.78. The third-order valence-corrected chi connectivity index (χ3v) is 1.78. The second-order valence-corrected chi connectivity index (χ2v) is 2.84. The van der Waals surface area contributed by atoms with Crippen molar-refractivity contribution < 1.29 is 9.47 Å². The first-order valence-electron chi connectivity index (χ1n) is 4.57. The zero-order valence-corrected chi connectivity index (χ0v) is 8.32. The molecule has 0 aliphatic heterocycles. The molecule has 0 heterocycles. The van der Waals surface area contributed by atoms with Crippen molar-refractivity contribution >= 4 is 0 Å². The second kappa shape index (κ2) is 5.93. The lowest BCUT2D eigenvalue weighted by Crippen LogP contribution is -1.96. The Balaban J connectivity index is 2.39. The van der Waals surface area contributed by atoms with E-state index in [1.54, 1.807) is 7.11 Å². The number of rotatable bonds is 5. The number of terminal acetylenes is 1. The molecule has 0 aromatic heterocycles.